The van der Waals surface area contributed by atoms with E-state index in [2.05, 4.69) is 5.32 Å². The van der Waals surface area contributed by atoms with E-state index in [0.717, 1.165) is 11.3 Å². The zero-order valence-electron chi connectivity index (χ0n) is 8.75. The summed E-state index contributed by atoms with van der Waals surface area (Å²) in [5, 5.41) is 3.75. The van der Waals surface area contributed by atoms with Crippen molar-refractivity contribution in [3.8, 4) is 0 Å². The summed E-state index contributed by atoms with van der Waals surface area (Å²) in [5.41, 5.74) is 1.92. The molecule has 1 amide bonds. The lowest BCUT2D eigenvalue weighted by Gasteiger charge is -2.16. The Hall–Kier alpha value is -1.06. The summed E-state index contributed by atoms with van der Waals surface area (Å²) < 4.78 is 0. The molecule has 2 rings (SSSR count). The molecule has 1 aliphatic rings. The Morgan fingerprint density at radius 1 is 1.47 bits per heavy atom. The van der Waals surface area contributed by atoms with Crippen LogP contribution in [0.2, 0.25) is 5.02 Å². The summed E-state index contributed by atoms with van der Waals surface area (Å²) in [6, 6.07) is 5.54. The molecule has 15 heavy (non-hydrogen) atoms. The number of carbonyl (C=O) groups excluding carboxylic acids is 1. The number of nitrogens with one attached hydrogen (secondary N) is 1. The average Bonchev–Trinajstić information content (AvgIpc) is 2.46. The molecule has 0 aromatic heterocycles. The summed E-state index contributed by atoms with van der Waals surface area (Å²) in [7, 11) is 0. The van der Waals surface area contributed by atoms with Gasteiger partial charge in [0.15, 0.2) is 0 Å². The summed E-state index contributed by atoms with van der Waals surface area (Å²) in [4.78, 5) is 13.5. The van der Waals surface area contributed by atoms with Crippen molar-refractivity contribution in [2.24, 2.45) is 0 Å². The number of hydrogen-bond acceptors (Lipinski definition) is 2. The smallest absolute Gasteiger partial charge is 0.244 e. The third kappa shape index (κ3) is 1.98. The first-order valence-corrected chi connectivity index (χ1v) is 5.27. The highest BCUT2D eigenvalue weighted by atomic mass is 35.5. The lowest BCUT2D eigenvalue weighted by atomic mass is 10.2. The largest absolute Gasteiger partial charge is 0.298 e. The fourth-order valence-corrected chi connectivity index (χ4v) is 2.00. The molecule has 0 saturated carbocycles. The molecular formula is C11H13ClN2O. The molecule has 0 spiro atoms. The van der Waals surface area contributed by atoms with Gasteiger partial charge in [-0.05, 0) is 37.6 Å². The second-order valence-corrected chi connectivity index (χ2v) is 4.27. The third-order valence-electron chi connectivity index (χ3n) is 2.53. The minimum absolute atomic E-state index is 0.0941. The Balaban J connectivity index is 2.34. The van der Waals surface area contributed by atoms with Gasteiger partial charge in [0, 0.05) is 10.7 Å². The molecule has 0 radical (unpaired) electrons. The number of rotatable bonds is 1. The molecule has 0 unspecified atom stereocenters. The second kappa shape index (κ2) is 3.83. The third-order valence-corrected chi connectivity index (χ3v) is 2.75. The Labute approximate surface area is 94.0 Å². The maximum absolute atomic E-state index is 11.7. The predicted octanol–water partition coefficient (Wildman–Crippen LogP) is 1.93. The molecule has 1 aromatic rings. The Morgan fingerprint density at radius 3 is 2.73 bits per heavy atom. The molecule has 3 nitrogen and oxygen atoms in total. The lowest BCUT2D eigenvalue weighted by Crippen LogP contribution is -2.28. The van der Waals surface area contributed by atoms with Crippen LogP contribution >= 0.6 is 11.6 Å². The first-order chi connectivity index (χ1) is 7.08. The van der Waals surface area contributed by atoms with Gasteiger partial charge in [0.25, 0.3) is 0 Å². The quantitative estimate of drug-likeness (QED) is 0.791. The monoisotopic (exact) mass is 224 g/mol. The van der Waals surface area contributed by atoms with E-state index < -0.39 is 0 Å². The Kier molecular flexibility index (Phi) is 2.67. The minimum Gasteiger partial charge on any atom is -0.298 e. The van der Waals surface area contributed by atoms with Crippen molar-refractivity contribution in [3.63, 3.8) is 0 Å². The second-order valence-electron chi connectivity index (χ2n) is 3.84. The fraction of sp³-hybridized carbons (Fsp3) is 0.364. The summed E-state index contributed by atoms with van der Waals surface area (Å²) in [6.45, 7) is 4.38. The van der Waals surface area contributed by atoms with E-state index in [1.165, 1.54) is 0 Å². The van der Waals surface area contributed by atoms with Crippen molar-refractivity contribution in [2.45, 2.75) is 19.9 Å². The van der Waals surface area contributed by atoms with Crippen LogP contribution in [0.5, 0.6) is 0 Å². The van der Waals surface area contributed by atoms with Crippen LogP contribution in [0, 0.1) is 6.92 Å². The molecule has 4 heteroatoms. The first kappa shape index (κ1) is 10.5. The van der Waals surface area contributed by atoms with Crippen LogP contribution in [0.1, 0.15) is 12.5 Å². The van der Waals surface area contributed by atoms with Gasteiger partial charge in [-0.1, -0.05) is 11.6 Å². The molecule has 1 aliphatic heterocycles. The van der Waals surface area contributed by atoms with Crippen LogP contribution in [0.15, 0.2) is 18.2 Å². The predicted molar refractivity (Wildman–Crippen MR) is 61.1 cm³/mol. The van der Waals surface area contributed by atoms with Gasteiger partial charge in [0.2, 0.25) is 5.91 Å². The van der Waals surface area contributed by atoms with Crippen molar-refractivity contribution < 1.29 is 4.79 Å². The fourth-order valence-electron chi connectivity index (χ4n) is 1.72. The van der Waals surface area contributed by atoms with Gasteiger partial charge in [0.1, 0.15) is 0 Å². The summed E-state index contributed by atoms with van der Waals surface area (Å²) >= 11 is 5.95. The van der Waals surface area contributed by atoms with Crippen molar-refractivity contribution in [2.75, 3.05) is 11.6 Å². The normalized spacial score (nSPS) is 21.1. The minimum atomic E-state index is -0.107. The molecule has 1 atom stereocenters. The van der Waals surface area contributed by atoms with E-state index >= 15 is 0 Å². The van der Waals surface area contributed by atoms with Gasteiger partial charge < -0.3 is 0 Å². The number of benzene rings is 1. The van der Waals surface area contributed by atoms with E-state index in [9.17, 15) is 4.79 Å². The Bertz CT molecular complexity index is 385. The number of amides is 1. The maximum Gasteiger partial charge on any atom is 0.244 e. The van der Waals surface area contributed by atoms with Crippen LogP contribution < -0.4 is 10.2 Å². The number of anilines is 1. The molecule has 0 bridgehead atoms. The van der Waals surface area contributed by atoms with Crippen LogP contribution in [0.4, 0.5) is 5.69 Å². The van der Waals surface area contributed by atoms with Gasteiger partial charge in [-0.2, -0.15) is 0 Å². The van der Waals surface area contributed by atoms with Crippen molar-refractivity contribution >= 4 is 23.2 Å². The molecular weight excluding hydrogens is 212 g/mol. The number of halogens is 1. The maximum atomic E-state index is 11.7. The van der Waals surface area contributed by atoms with Gasteiger partial charge in [-0.3, -0.25) is 15.0 Å². The van der Waals surface area contributed by atoms with E-state index in [4.69, 9.17) is 11.6 Å². The first-order valence-electron chi connectivity index (χ1n) is 4.90. The van der Waals surface area contributed by atoms with Crippen molar-refractivity contribution in [1.82, 2.24) is 5.32 Å². The highest BCUT2D eigenvalue weighted by Crippen LogP contribution is 2.24. The molecule has 1 aromatic carbocycles. The van der Waals surface area contributed by atoms with Crippen LogP contribution in [0.25, 0.3) is 0 Å². The van der Waals surface area contributed by atoms with E-state index in [0.29, 0.717) is 11.7 Å². The standard InChI is InChI=1S/C11H13ClN2O/c1-7-3-9(12)5-10(4-7)14-6-13-8(2)11(14)15/h3-5,8,13H,6H2,1-2H3/t8-/m1/s1. The van der Waals surface area contributed by atoms with Gasteiger partial charge in [0.05, 0.1) is 12.7 Å². The molecule has 1 heterocycles. The zero-order chi connectivity index (χ0) is 11.0. The summed E-state index contributed by atoms with van der Waals surface area (Å²) in [5.74, 6) is 0.0941. The highest BCUT2D eigenvalue weighted by molar-refractivity contribution is 6.31. The van der Waals surface area contributed by atoms with E-state index in [1.54, 1.807) is 4.90 Å². The highest BCUT2D eigenvalue weighted by Gasteiger charge is 2.28. The van der Waals surface area contributed by atoms with Crippen LogP contribution in [-0.2, 0) is 4.79 Å². The van der Waals surface area contributed by atoms with E-state index in [1.807, 2.05) is 32.0 Å². The zero-order valence-corrected chi connectivity index (χ0v) is 9.51. The lowest BCUT2D eigenvalue weighted by molar-refractivity contribution is -0.118. The van der Waals surface area contributed by atoms with Gasteiger partial charge in [-0.25, -0.2) is 0 Å². The topological polar surface area (TPSA) is 32.3 Å². The molecule has 1 N–H and O–H groups in total. The van der Waals surface area contributed by atoms with Gasteiger partial charge in [-0.15, -0.1) is 0 Å². The SMILES string of the molecule is Cc1cc(Cl)cc(N2CN[C@H](C)C2=O)c1. The summed E-state index contributed by atoms with van der Waals surface area (Å²) in [6.07, 6.45) is 0. The Morgan fingerprint density at radius 2 is 2.20 bits per heavy atom. The van der Waals surface area contributed by atoms with Crippen molar-refractivity contribution in [1.29, 1.82) is 0 Å². The number of hydrogen-bond donors (Lipinski definition) is 1. The average molecular weight is 225 g/mol. The molecule has 1 saturated heterocycles. The van der Waals surface area contributed by atoms with Crippen molar-refractivity contribution in [3.05, 3.63) is 28.8 Å². The number of carbonyl (C=O) groups is 1. The van der Waals surface area contributed by atoms with Gasteiger partial charge >= 0.3 is 0 Å². The molecule has 80 valence electrons. The van der Waals surface area contributed by atoms with Crippen LogP contribution in [0.3, 0.4) is 0 Å². The van der Waals surface area contributed by atoms with Crippen LogP contribution in [-0.4, -0.2) is 18.6 Å². The molecule has 0 aliphatic carbocycles. The number of aryl methyl sites for hydroxylation is 1. The molecule has 1 fully saturated rings. The number of nitrogens with zero attached hydrogens (tertiary/aromatic N) is 1. The van der Waals surface area contributed by atoms with E-state index in [-0.39, 0.29) is 11.9 Å².